The molecule has 0 bridgehead atoms. The minimum Gasteiger partial charge on any atom is -0.462 e. The van der Waals surface area contributed by atoms with Gasteiger partial charge in [0.15, 0.2) is 0 Å². The van der Waals surface area contributed by atoms with Crippen molar-refractivity contribution in [3.8, 4) is 0 Å². The van der Waals surface area contributed by atoms with Gasteiger partial charge in [-0.1, -0.05) is 74.5 Å². The van der Waals surface area contributed by atoms with Gasteiger partial charge in [0.1, 0.15) is 11.3 Å². The van der Waals surface area contributed by atoms with E-state index in [4.69, 9.17) is 4.74 Å². The number of ether oxygens (including phenoxy) is 1. The molecule has 170 valence electrons. The standard InChI is InChI=1S/C24H28BF3N2O2/c1-5-32-23(31)21(18(4)29-16-17(2)3)22(24(26,27)28)30-25(19-12-8-6-9-13-19)20-14-10-7-11-15-20/h6-15,17,29H,5,16H2,1-4H3/b21-18+,30-22-. The number of carbonyl (C=O) groups is 1. The number of rotatable bonds is 9. The Morgan fingerprint density at radius 2 is 1.53 bits per heavy atom. The van der Waals surface area contributed by atoms with Gasteiger partial charge in [0.2, 0.25) is 0 Å². The second-order valence-corrected chi connectivity index (χ2v) is 7.69. The van der Waals surface area contributed by atoms with E-state index in [0.29, 0.717) is 17.5 Å². The summed E-state index contributed by atoms with van der Waals surface area (Å²) in [5.41, 5.74) is -0.625. The van der Waals surface area contributed by atoms with Crippen molar-refractivity contribution < 1.29 is 22.7 Å². The van der Waals surface area contributed by atoms with Crippen molar-refractivity contribution in [3.63, 3.8) is 0 Å². The molecule has 0 aromatic heterocycles. The molecule has 0 atom stereocenters. The van der Waals surface area contributed by atoms with E-state index in [2.05, 4.69) is 10.2 Å². The fourth-order valence-electron chi connectivity index (χ4n) is 3.10. The fraction of sp³-hybridized carbons (Fsp3) is 0.333. The molecule has 0 saturated heterocycles. The molecular formula is C24H28BF3N2O2. The smallest absolute Gasteiger partial charge is 0.432 e. The van der Waals surface area contributed by atoms with E-state index in [-0.39, 0.29) is 18.2 Å². The van der Waals surface area contributed by atoms with Gasteiger partial charge in [0.25, 0.3) is 0 Å². The highest BCUT2D eigenvalue weighted by molar-refractivity contribution is 6.84. The summed E-state index contributed by atoms with van der Waals surface area (Å²) in [5, 5.41) is 2.92. The van der Waals surface area contributed by atoms with E-state index in [1.165, 1.54) is 6.92 Å². The normalized spacial score (nSPS) is 12.9. The van der Waals surface area contributed by atoms with Crippen LogP contribution in [-0.2, 0) is 9.53 Å². The van der Waals surface area contributed by atoms with E-state index in [9.17, 15) is 18.0 Å². The molecule has 0 radical (unpaired) electrons. The number of nitrogens with zero attached hydrogens (tertiary/aromatic N) is 1. The second-order valence-electron chi connectivity index (χ2n) is 7.69. The van der Waals surface area contributed by atoms with Crippen molar-refractivity contribution in [2.24, 2.45) is 10.8 Å². The molecule has 0 aliphatic heterocycles. The van der Waals surface area contributed by atoms with Crippen LogP contribution >= 0.6 is 0 Å². The van der Waals surface area contributed by atoms with E-state index in [1.807, 2.05) is 13.8 Å². The molecule has 0 aliphatic carbocycles. The zero-order chi connectivity index (χ0) is 23.7. The third-order valence-electron chi connectivity index (χ3n) is 4.62. The number of benzene rings is 2. The minimum atomic E-state index is -4.87. The quantitative estimate of drug-likeness (QED) is 0.277. The topological polar surface area (TPSA) is 50.7 Å². The second kappa shape index (κ2) is 11.6. The Labute approximate surface area is 187 Å². The van der Waals surface area contributed by atoms with Crippen molar-refractivity contribution in [1.82, 2.24) is 5.32 Å². The molecule has 0 amide bonds. The predicted molar refractivity (Wildman–Crippen MR) is 124 cm³/mol. The molecule has 4 nitrogen and oxygen atoms in total. The van der Waals surface area contributed by atoms with Crippen LogP contribution in [0.1, 0.15) is 27.7 Å². The van der Waals surface area contributed by atoms with Crippen molar-refractivity contribution >= 4 is 29.5 Å². The predicted octanol–water partition coefficient (Wildman–Crippen LogP) is 3.88. The van der Waals surface area contributed by atoms with Crippen LogP contribution in [-0.4, -0.2) is 37.9 Å². The van der Waals surface area contributed by atoms with Crippen LogP contribution in [0.25, 0.3) is 0 Å². The van der Waals surface area contributed by atoms with Crippen molar-refractivity contribution in [3.05, 3.63) is 71.9 Å². The Bertz CT molecular complexity index is 903. The average molecular weight is 444 g/mol. The molecule has 0 heterocycles. The third kappa shape index (κ3) is 7.00. The zero-order valence-electron chi connectivity index (χ0n) is 18.7. The van der Waals surface area contributed by atoms with Gasteiger partial charge in [0.05, 0.1) is 6.61 Å². The Morgan fingerprint density at radius 1 is 1.03 bits per heavy atom. The van der Waals surface area contributed by atoms with Crippen molar-refractivity contribution in [2.75, 3.05) is 13.2 Å². The molecular weight excluding hydrogens is 416 g/mol. The highest BCUT2D eigenvalue weighted by Gasteiger charge is 2.43. The van der Waals surface area contributed by atoms with Crippen LogP contribution in [0, 0.1) is 5.92 Å². The summed E-state index contributed by atoms with van der Waals surface area (Å²) < 4.78 is 47.9. The number of halogens is 3. The lowest BCUT2D eigenvalue weighted by atomic mass is 9.51. The Hall–Kier alpha value is -3.03. The zero-order valence-corrected chi connectivity index (χ0v) is 18.7. The van der Waals surface area contributed by atoms with Crippen LogP contribution in [0.2, 0.25) is 0 Å². The van der Waals surface area contributed by atoms with Gasteiger partial charge in [0, 0.05) is 12.2 Å². The summed E-state index contributed by atoms with van der Waals surface area (Å²) in [4.78, 5) is 16.8. The van der Waals surface area contributed by atoms with Crippen LogP contribution in [0.5, 0.6) is 0 Å². The van der Waals surface area contributed by atoms with Crippen LogP contribution in [0.3, 0.4) is 0 Å². The van der Waals surface area contributed by atoms with Gasteiger partial charge in [-0.3, -0.25) is 0 Å². The number of hydrogen-bond acceptors (Lipinski definition) is 4. The van der Waals surface area contributed by atoms with E-state index in [0.717, 1.165) is 0 Å². The summed E-state index contributed by atoms with van der Waals surface area (Å²) in [6.45, 7) is 6.24. The van der Waals surface area contributed by atoms with Crippen LogP contribution in [0.15, 0.2) is 76.8 Å². The van der Waals surface area contributed by atoms with Gasteiger partial charge < -0.3 is 15.0 Å². The highest BCUT2D eigenvalue weighted by Crippen LogP contribution is 2.25. The van der Waals surface area contributed by atoms with Gasteiger partial charge >= 0.3 is 19.0 Å². The SMILES string of the molecule is CCOC(=O)C(/C(=N/B(c1ccccc1)c1ccccc1)C(F)(F)F)=C(\C)NCC(C)C. The minimum absolute atomic E-state index is 0.0499. The lowest BCUT2D eigenvalue weighted by Crippen LogP contribution is -2.44. The highest BCUT2D eigenvalue weighted by atomic mass is 19.4. The fourth-order valence-corrected chi connectivity index (χ4v) is 3.10. The number of esters is 1. The maximum Gasteiger partial charge on any atom is 0.432 e. The molecule has 2 aromatic carbocycles. The summed E-state index contributed by atoms with van der Waals surface area (Å²) in [6, 6.07) is 17.4. The van der Waals surface area contributed by atoms with E-state index in [1.54, 1.807) is 67.6 Å². The Morgan fingerprint density at radius 3 is 1.94 bits per heavy atom. The molecule has 8 heteroatoms. The number of allylic oxidation sites excluding steroid dienone is 1. The van der Waals surface area contributed by atoms with E-state index >= 15 is 0 Å². The monoisotopic (exact) mass is 444 g/mol. The molecule has 0 aliphatic rings. The van der Waals surface area contributed by atoms with Gasteiger partial charge in [-0.15, -0.1) is 0 Å². The van der Waals surface area contributed by atoms with Crippen molar-refractivity contribution in [2.45, 2.75) is 33.9 Å². The first kappa shape index (κ1) is 25.2. The number of nitrogens with one attached hydrogen (secondary N) is 1. The molecule has 2 aromatic rings. The summed E-state index contributed by atoms with van der Waals surface area (Å²) in [5.74, 6) is -0.890. The first-order chi connectivity index (χ1) is 15.1. The number of alkyl halides is 3. The molecule has 0 saturated carbocycles. The largest absolute Gasteiger partial charge is 0.462 e. The lowest BCUT2D eigenvalue weighted by molar-refractivity contribution is -0.138. The van der Waals surface area contributed by atoms with E-state index < -0.39 is 30.3 Å². The third-order valence-corrected chi connectivity index (χ3v) is 4.62. The molecule has 32 heavy (non-hydrogen) atoms. The number of carbonyl (C=O) groups excluding carboxylic acids is 1. The molecule has 0 unspecified atom stereocenters. The lowest BCUT2D eigenvalue weighted by Gasteiger charge is -2.20. The summed E-state index contributed by atoms with van der Waals surface area (Å²) in [7, 11) is 0. The maximum absolute atomic E-state index is 14.3. The first-order valence-electron chi connectivity index (χ1n) is 10.5. The Balaban J connectivity index is 2.73. The van der Waals surface area contributed by atoms with Crippen molar-refractivity contribution in [1.29, 1.82) is 0 Å². The summed E-state index contributed by atoms with van der Waals surface area (Å²) in [6.07, 6.45) is -4.87. The molecule has 0 spiro atoms. The number of hydrogen-bond donors (Lipinski definition) is 1. The molecule has 2 rings (SSSR count). The van der Waals surface area contributed by atoms with Crippen LogP contribution < -0.4 is 16.2 Å². The van der Waals surface area contributed by atoms with Gasteiger partial charge in [-0.2, -0.15) is 13.2 Å². The first-order valence-corrected chi connectivity index (χ1v) is 10.5. The summed E-state index contributed by atoms with van der Waals surface area (Å²) >= 11 is 0. The Kier molecular flexibility index (Phi) is 9.11. The van der Waals surface area contributed by atoms with Gasteiger partial charge in [-0.25, -0.2) is 4.79 Å². The molecule has 1 N–H and O–H groups in total. The average Bonchev–Trinajstić information content (AvgIpc) is 2.75. The van der Waals surface area contributed by atoms with Gasteiger partial charge in [-0.05, 0) is 30.7 Å². The maximum atomic E-state index is 14.3. The molecule has 0 fully saturated rings. The van der Waals surface area contributed by atoms with Crippen LogP contribution in [0.4, 0.5) is 13.2 Å².